The molecule has 2 heterocycles. The lowest BCUT2D eigenvalue weighted by Crippen LogP contribution is -2.40. The Labute approximate surface area is 269 Å². The van der Waals surface area contributed by atoms with Crippen molar-refractivity contribution in [1.82, 2.24) is 13.5 Å². The van der Waals surface area contributed by atoms with Crippen molar-refractivity contribution in [2.24, 2.45) is 7.05 Å². The van der Waals surface area contributed by atoms with Crippen molar-refractivity contribution < 1.29 is 27.4 Å². The highest BCUT2D eigenvalue weighted by Crippen LogP contribution is 2.38. The van der Waals surface area contributed by atoms with E-state index in [0.717, 1.165) is 36.6 Å². The van der Waals surface area contributed by atoms with Crippen LogP contribution in [0.2, 0.25) is 0 Å². The second kappa shape index (κ2) is 16.1. The molecule has 0 fully saturated rings. The van der Waals surface area contributed by atoms with Crippen molar-refractivity contribution in [3.05, 3.63) is 74.6 Å². The number of carbonyl (C=O) groups is 1. The van der Waals surface area contributed by atoms with Crippen LogP contribution in [0, 0.1) is 6.92 Å². The van der Waals surface area contributed by atoms with Crippen molar-refractivity contribution in [2.45, 2.75) is 84.2 Å². The third-order valence-electron chi connectivity index (χ3n) is 7.82. The lowest BCUT2D eigenvalue weighted by atomic mass is 10.0. The first-order valence-electron chi connectivity index (χ1n) is 15.7. The quantitative estimate of drug-likeness (QED) is 0.0895. The SMILES string of the molecule is CCCCCCCCCCCCOC(=O)COc1ccc(C)cc1-c1nsc2ccc(-n3c(=O)cc(C(F)(F)F)n(C)c3=O)cc12. The number of halogens is 3. The second-order valence-corrected chi connectivity index (χ2v) is 12.2. The van der Waals surface area contributed by atoms with E-state index in [0.29, 0.717) is 44.2 Å². The smallest absolute Gasteiger partial charge is 0.431 e. The zero-order chi connectivity index (χ0) is 33.3. The summed E-state index contributed by atoms with van der Waals surface area (Å²) in [5, 5.41) is 0.565. The number of alkyl halides is 3. The fourth-order valence-electron chi connectivity index (χ4n) is 5.30. The summed E-state index contributed by atoms with van der Waals surface area (Å²) in [6.07, 6.45) is 6.99. The number of fused-ring (bicyclic) bond motifs is 1. The molecule has 0 spiro atoms. The third kappa shape index (κ3) is 8.86. The molecule has 0 saturated heterocycles. The summed E-state index contributed by atoms with van der Waals surface area (Å²) in [6, 6.07) is 10.5. The fourth-order valence-corrected chi connectivity index (χ4v) is 6.07. The normalized spacial score (nSPS) is 11.7. The lowest BCUT2D eigenvalue weighted by molar-refractivity contribution is -0.146. The largest absolute Gasteiger partial charge is 0.481 e. The molecule has 0 aliphatic heterocycles. The Hall–Kier alpha value is -3.93. The monoisotopic (exact) mass is 659 g/mol. The van der Waals surface area contributed by atoms with Gasteiger partial charge in [-0.3, -0.25) is 9.36 Å². The molecule has 0 atom stereocenters. The maximum atomic E-state index is 13.3. The maximum absolute atomic E-state index is 13.3. The molecule has 0 bridgehead atoms. The van der Waals surface area contributed by atoms with Crippen molar-refractivity contribution in [3.8, 4) is 22.7 Å². The van der Waals surface area contributed by atoms with Crippen LogP contribution in [-0.4, -0.2) is 32.7 Å². The average molecular weight is 660 g/mol. The van der Waals surface area contributed by atoms with Crippen LogP contribution >= 0.6 is 11.5 Å². The number of aryl methyl sites for hydroxylation is 1. The van der Waals surface area contributed by atoms with Crippen molar-refractivity contribution in [2.75, 3.05) is 13.2 Å². The molecule has 2 aromatic carbocycles. The van der Waals surface area contributed by atoms with Gasteiger partial charge in [0.15, 0.2) is 6.61 Å². The molecular weight excluding hydrogens is 619 g/mol. The van der Waals surface area contributed by atoms with E-state index >= 15 is 0 Å². The zero-order valence-electron chi connectivity index (χ0n) is 26.5. The van der Waals surface area contributed by atoms with Crippen LogP contribution < -0.4 is 16.0 Å². The Morgan fingerprint density at radius 2 is 1.59 bits per heavy atom. The van der Waals surface area contributed by atoms with Gasteiger partial charge in [-0.05, 0) is 55.2 Å². The minimum absolute atomic E-state index is 0.0962. The van der Waals surface area contributed by atoms with Gasteiger partial charge in [-0.25, -0.2) is 14.2 Å². The van der Waals surface area contributed by atoms with Gasteiger partial charge in [0, 0.05) is 24.1 Å². The first kappa shape index (κ1) is 34.9. The number of hydrogen-bond acceptors (Lipinski definition) is 7. The topological polar surface area (TPSA) is 92.4 Å². The fraction of sp³-hybridized carbons (Fsp3) is 0.471. The van der Waals surface area contributed by atoms with Gasteiger partial charge in [-0.15, -0.1) is 0 Å². The molecule has 4 aromatic rings. The minimum atomic E-state index is -4.86. The molecule has 8 nitrogen and oxygen atoms in total. The van der Waals surface area contributed by atoms with Gasteiger partial charge in [-0.2, -0.15) is 17.5 Å². The van der Waals surface area contributed by atoms with E-state index in [1.807, 2.05) is 19.1 Å². The summed E-state index contributed by atoms with van der Waals surface area (Å²) in [4.78, 5) is 38.0. The van der Waals surface area contributed by atoms with Crippen LogP contribution in [0.4, 0.5) is 13.2 Å². The number of hydrogen-bond donors (Lipinski definition) is 0. The van der Waals surface area contributed by atoms with Crippen LogP contribution in [0.5, 0.6) is 5.75 Å². The molecule has 2 aromatic heterocycles. The van der Waals surface area contributed by atoms with E-state index < -0.39 is 29.1 Å². The van der Waals surface area contributed by atoms with Gasteiger partial charge >= 0.3 is 17.8 Å². The number of aromatic nitrogens is 3. The molecule has 12 heteroatoms. The first-order chi connectivity index (χ1) is 22.0. The van der Waals surface area contributed by atoms with Crippen LogP contribution in [-0.2, 0) is 22.8 Å². The highest BCUT2D eigenvalue weighted by atomic mass is 32.1. The molecule has 0 aliphatic rings. The van der Waals surface area contributed by atoms with Crippen molar-refractivity contribution in [3.63, 3.8) is 0 Å². The number of ether oxygens (including phenoxy) is 2. The summed E-state index contributed by atoms with van der Waals surface area (Å²) in [6.45, 7) is 4.15. The molecule has 0 amide bonds. The Bertz CT molecular complexity index is 1760. The third-order valence-corrected chi connectivity index (χ3v) is 8.65. The van der Waals surface area contributed by atoms with E-state index in [2.05, 4.69) is 11.3 Å². The van der Waals surface area contributed by atoms with Gasteiger partial charge in [-0.1, -0.05) is 76.3 Å². The molecule has 0 N–H and O–H groups in total. The van der Waals surface area contributed by atoms with Gasteiger partial charge in [0.25, 0.3) is 5.56 Å². The van der Waals surface area contributed by atoms with Crippen molar-refractivity contribution >= 4 is 27.6 Å². The van der Waals surface area contributed by atoms with E-state index in [1.54, 1.807) is 12.1 Å². The average Bonchev–Trinajstić information content (AvgIpc) is 3.44. The van der Waals surface area contributed by atoms with E-state index in [9.17, 15) is 27.6 Å². The van der Waals surface area contributed by atoms with Crippen molar-refractivity contribution in [1.29, 1.82) is 0 Å². The Kier molecular flexibility index (Phi) is 12.2. The first-order valence-corrected chi connectivity index (χ1v) is 16.5. The number of nitrogens with zero attached hydrogens (tertiary/aromatic N) is 3. The summed E-state index contributed by atoms with van der Waals surface area (Å²) >= 11 is 1.18. The second-order valence-electron chi connectivity index (χ2n) is 11.4. The van der Waals surface area contributed by atoms with Gasteiger partial charge in [0.05, 0.1) is 22.7 Å². The predicted molar refractivity (Wildman–Crippen MR) is 174 cm³/mol. The number of esters is 1. The zero-order valence-corrected chi connectivity index (χ0v) is 27.3. The molecule has 4 rings (SSSR count). The molecule has 0 unspecified atom stereocenters. The number of rotatable bonds is 16. The highest BCUT2D eigenvalue weighted by Gasteiger charge is 2.35. The number of unbranched alkanes of at least 4 members (excludes halogenated alkanes) is 9. The van der Waals surface area contributed by atoms with Gasteiger partial charge in [0.2, 0.25) is 0 Å². The Balaban J connectivity index is 1.43. The Morgan fingerprint density at radius 3 is 2.26 bits per heavy atom. The molecule has 0 radical (unpaired) electrons. The summed E-state index contributed by atoms with van der Waals surface area (Å²) in [5.41, 5.74) is -1.50. The summed E-state index contributed by atoms with van der Waals surface area (Å²) in [5.74, 6) is -0.0907. The highest BCUT2D eigenvalue weighted by molar-refractivity contribution is 7.13. The molecule has 0 saturated carbocycles. The molecule has 0 aliphatic carbocycles. The van der Waals surface area contributed by atoms with Gasteiger partial charge < -0.3 is 9.47 Å². The van der Waals surface area contributed by atoms with Crippen LogP contribution in [0.1, 0.15) is 82.4 Å². The molecular formula is C34H40F3N3O5S. The maximum Gasteiger partial charge on any atom is 0.431 e. The predicted octanol–water partition coefficient (Wildman–Crippen LogP) is 7.98. The van der Waals surface area contributed by atoms with Crippen LogP contribution in [0.25, 0.3) is 27.0 Å². The minimum Gasteiger partial charge on any atom is -0.481 e. The van der Waals surface area contributed by atoms with E-state index in [1.165, 1.54) is 68.6 Å². The summed E-state index contributed by atoms with van der Waals surface area (Å²) < 4.78 is 57.7. The van der Waals surface area contributed by atoms with Crippen LogP contribution in [0.3, 0.4) is 0 Å². The van der Waals surface area contributed by atoms with E-state index in [4.69, 9.17) is 9.47 Å². The standard InChI is InChI=1S/C34H40F3N3O5S/c1-4-5-6-7-8-9-10-11-12-13-18-44-31(42)22-45-27-16-14-23(2)19-25(27)32-26-20-24(15-17-28(26)46-38-32)40-30(41)21-29(34(35,36)37)39(3)33(40)43/h14-17,19-21H,4-13,18,22H2,1-3H3. The Morgan fingerprint density at radius 1 is 0.913 bits per heavy atom. The van der Waals surface area contributed by atoms with E-state index in [-0.39, 0.29) is 12.3 Å². The number of benzene rings is 2. The summed E-state index contributed by atoms with van der Waals surface area (Å²) in [7, 11) is 0.968. The van der Waals surface area contributed by atoms with Gasteiger partial charge in [0.1, 0.15) is 11.4 Å². The van der Waals surface area contributed by atoms with Crippen LogP contribution in [0.15, 0.2) is 52.1 Å². The molecule has 46 heavy (non-hydrogen) atoms. The lowest BCUT2D eigenvalue weighted by Gasteiger charge is -2.14. The molecule has 248 valence electrons. The number of carbonyl (C=O) groups excluding carboxylic acids is 1.